The summed E-state index contributed by atoms with van der Waals surface area (Å²) in [5.41, 5.74) is -0.861. The predicted octanol–water partition coefficient (Wildman–Crippen LogP) is 3.15. The van der Waals surface area contributed by atoms with E-state index in [-0.39, 0.29) is 27.9 Å². The van der Waals surface area contributed by atoms with E-state index in [0.29, 0.717) is 16.1 Å². The minimum Gasteiger partial charge on any atom is -0.425 e. The quantitative estimate of drug-likeness (QED) is 0.265. The van der Waals surface area contributed by atoms with Crippen LogP contribution in [0, 0.1) is 5.41 Å². The Kier molecular flexibility index (Phi) is 5.87. The summed E-state index contributed by atoms with van der Waals surface area (Å²) in [6.07, 6.45) is 0.334. The molecular formula is C23H16F3N9O3. The van der Waals surface area contributed by atoms with Crippen LogP contribution in [0.15, 0.2) is 78.5 Å². The number of pyridine rings is 1. The molecule has 0 saturated heterocycles. The maximum Gasteiger partial charge on any atom is 0.416 e. The Labute approximate surface area is 209 Å². The number of aromatic nitrogens is 6. The topological polar surface area (TPSA) is 156 Å². The van der Waals surface area contributed by atoms with Crippen LogP contribution in [0.1, 0.15) is 5.56 Å². The zero-order chi connectivity index (χ0) is 27.0. The molecule has 2 amide bonds. The largest absolute Gasteiger partial charge is 0.425 e. The minimum atomic E-state index is -4.62. The summed E-state index contributed by atoms with van der Waals surface area (Å²) in [5.74, 6) is 0. The Balaban J connectivity index is 1.41. The Morgan fingerprint density at radius 2 is 1.68 bits per heavy atom. The molecule has 3 aromatic heterocycles. The molecule has 0 fully saturated rings. The number of hydrogen-bond acceptors (Lipinski definition) is 7. The first-order valence-electron chi connectivity index (χ1n) is 10.7. The van der Waals surface area contributed by atoms with Crippen LogP contribution >= 0.6 is 0 Å². The van der Waals surface area contributed by atoms with Crippen molar-refractivity contribution in [2.75, 3.05) is 10.6 Å². The van der Waals surface area contributed by atoms with Crippen LogP contribution in [-0.4, -0.2) is 40.3 Å². The van der Waals surface area contributed by atoms with Gasteiger partial charge in [-0.25, -0.2) is 9.78 Å². The Morgan fingerprint density at radius 3 is 2.37 bits per heavy atom. The van der Waals surface area contributed by atoms with Gasteiger partial charge in [-0.3, -0.25) is 19.3 Å². The van der Waals surface area contributed by atoms with Crippen LogP contribution in [0.4, 0.5) is 29.3 Å². The number of nitrogens with one attached hydrogen (secondary N) is 3. The molecule has 0 aliphatic heterocycles. The van der Waals surface area contributed by atoms with Crippen molar-refractivity contribution in [1.82, 2.24) is 29.0 Å². The zero-order valence-corrected chi connectivity index (χ0v) is 19.0. The van der Waals surface area contributed by atoms with Crippen molar-refractivity contribution < 1.29 is 23.2 Å². The molecule has 3 heterocycles. The molecule has 4 N–H and O–H groups in total. The molecule has 0 radical (unpaired) electrons. The van der Waals surface area contributed by atoms with Crippen LogP contribution in [-0.2, 0) is 6.18 Å². The highest BCUT2D eigenvalue weighted by Gasteiger charge is 2.31. The van der Waals surface area contributed by atoms with Crippen molar-refractivity contribution in [3.05, 3.63) is 95.0 Å². The standard InChI is InChI=1S/C23H16F3N9O3/c24-23(25,26)13-1-6-17(33-11-29-30-12-33)16(9-13)32-22(37)31-14-2-4-15(5-3-14)34-8-7-18(36)19-20(27)28-10-35(38)21(19)34/h1-12,27,38H,(H2,31,32,37). The molecular weight excluding hydrogens is 507 g/mol. The first-order valence-corrected chi connectivity index (χ1v) is 10.7. The number of amides is 2. The predicted molar refractivity (Wildman–Crippen MR) is 127 cm³/mol. The number of carbonyl (C=O) groups excluding carboxylic acids is 1. The lowest BCUT2D eigenvalue weighted by Gasteiger charge is -2.16. The van der Waals surface area contributed by atoms with Crippen LogP contribution in [0.3, 0.4) is 0 Å². The number of anilines is 2. The van der Waals surface area contributed by atoms with E-state index >= 15 is 0 Å². The molecule has 0 atom stereocenters. The number of halogens is 3. The molecule has 15 heteroatoms. The number of carbonyl (C=O) groups is 1. The fourth-order valence-electron chi connectivity index (χ4n) is 3.77. The lowest BCUT2D eigenvalue weighted by Crippen LogP contribution is -2.22. The molecule has 192 valence electrons. The smallest absolute Gasteiger partial charge is 0.416 e. The molecule has 0 bridgehead atoms. The summed E-state index contributed by atoms with van der Waals surface area (Å²) >= 11 is 0. The maximum absolute atomic E-state index is 13.3. The van der Waals surface area contributed by atoms with E-state index in [1.807, 2.05) is 0 Å². The second kappa shape index (κ2) is 9.20. The molecule has 38 heavy (non-hydrogen) atoms. The molecule has 0 spiro atoms. The van der Waals surface area contributed by atoms with E-state index in [4.69, 9.17) is 5.41 Å². The van der Waals surface area contributed by atoms with Crippen molar-refractivity contribution in [2.45, 2.75) is 6.18 Å². The van der Waals surface area contributed by atoms with E-state index in [2.05, 4.69) is 25.8 Å². The van der Waals surface area contributed by atoms with Gasteiger partial charge in [0.05, 0.1) is 16.9 Å². The number of alkyl halides is 3. The third kappa shape index (κ3) is 4.55. The summed E-state index contributed by atoms with van der Waals surface area (Å²) in [4.78, 5) is 28.5. The Bertz CT molecular complexity index is 1760. The van der Waals surface area contributed by atoms with Crippen LogP contribution < -0.4 is 21.6 Å². The van der Waals surface area contributed by atoms with Crippen LogP contribution in [0.25, 0.3) is 22.4 Å². The second-order valence-electron chi connectivity index (χ2n) is 7.91. The van der Waals surface area contributed by atoms with Gasteiger partial charge < -0.3 is 15.8 Å². The number of urea groups is 1. The molecule has 0 aliphatic rings. The van der Waals surface area contributed by atoms with Crippen molar-refractivity contribution in [1.29, 1.82) is 5.41 Å². The number of fused-ring (bicyclic) bond motifs is 1. The van der Waals surface area contributed by atoms with Gasteiger partial charge in [0.1, 0.15) is 24.4 Å². The van der Waals surface area contributed by atoms with Crippen LogP contribution in [0.5, 0.6) is 0 Å². The Morgan fingerprint density at radius 1 is 0.974 bits per heavy atom. The monoisotopic (exact) mass is 523 g/mol. The van der Waals surface area contributed by atoms with Crippen molar-refractivity contribution >= 4 is 28.4 Å². The highest BCUT2D eigenvalue weighted by molar-refractivity contribution is 6.01. The van der Waals surface area contributed by atoms with Crippen LogP contribution in [0.2, 0.25) is 0 Å². The number of nitrogens with zero attached hydrogens (tertiary/aromatic N) is 6. The SMILES string of the molecule is N=c1ncn(O)c2c1c(=O)ccn2-c1ccc(NC(=O)Nc2cc(C(F)(F)F)ccc2-n2cnnc2)cc1. The van der Waals surface area contributed by atoms with Crippen molar-refractivity contribution in [3.8, 4) is 11.4 Å². The lowest BCUT2D eigenvalue weighted by atomic mass is 10.1. The molecule has 2 aromatic carbocycles. The Hall–Kier alpha value is -5.47. The summed E-state index contributed by atoms with van der Waals surface area (Å²) in [6.45, 7) is 0. The van der Waals surface area contributed by atoms with Gasteiger partial charge in [0, 0.05) is 23.6 Å². The summed E-state index contributed by atoms with van der Waals surface area (Å²) in [7, 11) is 0. The lowest BCUT2D eigenvalue weighted by molar-refractivity contribution is -0.137. The maximum atomic E-state index is 13.3. The normalized spacial score (nSPS) is 11.4. The summed E-state index contributed by atoms with van der Waals surface area (Å²) in [5, 5.41) is 30.2. The summed E-state index contributed by atoms with van der Waals surface area (Å²) < 4.78 is 43.2. The van der Waals surface area contributed by atoms with Crippen molar-refractivity contribution in [3.63, 3.8) is 0 Å². The van der Waals surface area contributed by atoms with Gasteiger partial charge in [-0.05, 0) is 42.5 Å². The van der Waals surface area contributed by atoms with E-state index in [0.717, 1.165) is 18.5 Å². The fourth-order valence-corrected chi connectivity index (χ4v) is 3.77. The zero-order valence-electron chi connectivity index (χ0n) is 19.0. The third-order valence-electron chi connectivity index (χ3n) is 5.50. The number of rotatable bonds is 4. The minimum absolute atomic E-state index is 0.0158. The molecule has 12 nitrogen and oxygen atoms in total. The van der Waals surface area contributed by atoms with Gasteiger partial charge in [-0.2, -0.15) is 17.9 Å². The average molecular weight is 523 g/mol. The third-order valence-corrected chi connectivity index (χ3v) is 5.50. The number of hydrogen-bond donors (Lipinski definition) is 4. The highest BCUT2D eigenvalue weighted by atomic mass is 19.4. The van der Waals surface area contributed by atoms with Gasteiger partial charge in [0.2, 0.25) is 0 Å². The van der Waals surface area contributed by atoms with Gasteiger partial charge >= 0.3 is 12.2 Å². The van der Waals surface area contributed by atoms with Gasteiger partial charge in [-0.1, -0.05) is 0 Å². The first kappa shape index (κ1) is 24.2. The second-order valence-corrected chi connectivity index (χ2v) is 7.91. The molecule has 0 saturated carbocycles. The van der Waals surface area contributed by atoms with Gasteiger partial charge in [0.15, 0.2) is 16.6 Å². The van der Waals surface area contributed by atoms with E-state index in [1.165, 1.54) is 52.3 Å². The fraction of sp³-hybridized carbons (Fsp3) is 0.0435. The van der Waals surface area contributed by atoms with Gasteiger partial charge in [-0.15, -0.1) is 10.2 Å². The van der Waals surface area contributed by atoms with Crippen molar-refractivity contribution in [2.24, 2.45) is 0 Å². The number of benzene rings is 2. The van der Waals surface area contributed by atoms with E-state index in [1.54, 1.807) is 12.1 Å². The molecule has 0 aliphatic carbocycles. The molecule has 5 rings (SSSR count). The van der Waals surface area contributed by atoms with E-state index < -0.39 is 23.2 Å². The average Bonchev–Trinajstić information content (AvgIpc) is 3.41. The van der Waals surface area contributed by atoms with Gasteiger partial charge in [0.25, 0.3) is 0 Å². The summed E-state index contributed by atoms with van der Waals surface area (Å²) in [6, 6.07) is 9.45. The molecule has 0 unspecified atom stereocenters. The molecule has 5 aromatic rings. The highest BCUT2D eigenvalue weighted by Crippen LogP contribution is 2.33. The van der Waals surface area contributed by atoms with E-state index in [9.17, 15) is 28.0 Å². The first-order chi connectivity index (χ1) is 18.1.